The molecular formula is C18H19IO2. The maximum atomic E-state index is 9.59. The molecule has 0 saturated carbocycles. The predicted molar refractivity (Wildman–Crippen MR) is 96.3 cm³/mol. The van der Waals surface area contributed by atoms with E-state index in [1.807, 2.05) is 18.2 Å². The van der Waals surface area contributed by atoms with E-state index in [4.69, 9.17) is 0 Å². The Hall–Kier alpha value is -1.49. The fraction of sp³-hybridized carbons (Fsp3) is 0.222. The molecule has 2 aromatic carbocycles. The molecule has 0 fully saturated rings. The minimum absolute atomic E-state index is 0.284. The van der Waals surface area contributed by atoms with E-state index in [9.17, 15) is 10.2 Å². The summed E-state index contributed by atoms with van der Waals surface area (Å²) in [5.41, 5.74) is 4.87. The number of allylic oxidation sites excluding steroid dienone is 2. The molecule has 2 nitrogen and oxygen atoms in total. The fourth-order valence-electron chi connectivity index (χ4n) is 2.57. The SMILES string of the molecule is CC/C(=C(/CC)c1ccc(O)cc1[123I])c1ccc(O)cc1. The van der Waals surface area contributed by atoms with Crippen molar-refractivity contribution < 1.29 is 10.2 Å². The van der Waals surface area contributed by atoms with Gasteiger partial charge in [0.25, 0.3) is 0 Å². The highest BCUT2D eigenvalue weighted by atomic mass is 123. The fourth-order valence-corrected chi connectivity index (χ4v) is 3.39. The number of aromatic hydroxyl groups is 2. The predicted octanol–water partition coefficient (Wildman–Crippen LogP) is 5.43. The van der Waals surface area contributed by atoms with Crippen LogP contribution in [0.4, 0.5) is 0 Å². The van der Waals surface area contributed by atoms with Crippen molar-refractivity contribution in [2.45, 2.75) is 26.7 Å². The third-order valence-corrected chi connectivity index (χ3v) is 4.46. The summed E-state index contributed by atoms with van der Waals surface area (Å²) in [5.74, 6) is 0.577. The normalized spacial score (nSPS) is 12.1. The van der Waals surface area contributed by atoms with Gasteiger partial charge in [0.15, 0.2) is 0 Å². The zero-order chi connectivity index (χ0) is 15.4. The van der Waals surface area contributed by atoms with Crippen LogP contribution in [-0.2, 0) is 0 Å². The molecule has 0 heterocycles. The van der Waals surface area contributed by atoms with Gasteiger partial charge in [-0.2, -0.15) is 0 Å². The van der Waals surface area contributed by atoms with Crippen molar-refractivity contribution in [3.05, 3.63) is 57.2 Å². The molecule has 0 aliphatic carbocycles. The number of halogens is 1. The van der Waals surface area contributed by atoms with Crippen LogP contribution in [-0.4, -0.2) is 10.2 Å². The van der Waals surface area contributed by atoms with Gasteiger partial charge in [0.05, 0.1) is 0 Å². The van der Waals surface area contributed by atoms with Crippen molar-refractivity contribution in [1.82, 2.24) is 0 Å². The molecule has 0 amide bonds. The van der Waals surface area contributed by atoms with Gasteiger partial charge in [-0.15, -0.1) is 0 Å². The van der Waals surface area contributed by atoms with Crippen LogP contribution in [0.25, 0.3) is 11.1 Å². The third kappa shape index (κ3) is 3.59. The van der Waals surface area contributed by atoms with E-state index in [1.54, 1.807) is 24.3 Å². The van der Waals surface area contributed by atoms with Crippen LogP contribution in [0.1, 0.15) is 37.8 Å². The molecule has 3 heteroatoms. The van der Waals surface area contributed by atoms with Gasteiger partial charge in [0.2, 0.25) is 0 Å². The summed E-state index contributed by atoms with van der Waals surface area (Å²) in [5, 5.41) is 19.0. The Morgan fingerprint density at radius 2 is 1.43 bits per heavy atom. The van der Waals surface area contributed by atoms with Crippen molar-refractivity contribution in [2.24, 2.45) is 0 Å². The van der Waals surface area contributed by atoms with Gasteiger partial charge in [-0.25, -0.2) is 0 Å². The number of hydrogen-bond acceptors (Lipinski definition) is 2. The third-order valence-electron chi connectivity index (χ3n) is 3.56. The molecule has 110 valence electrons. The molecule has 0 unspecified atom stereocenters. The van der Waals surface area contributed by atoms with Crippen molar-refractivity contribution in [3.8, 4) is 11.5 Å². The second-order valence-corrected chi connectivity index (χ2v) is 6.04. The van der Waals surface area contributed by atoms with Gasteiger partial charge in [0, 0.05) is 3.57 Å². The Morgan fingerprint density at radius 1 is 0.857 bits per heavy atom. The van der Waals surface area contributed by atoms with Crippen molar-refractivity contribution in [1.29, 1.82) is 0 Å². The van der Waals surface area contributed by atoms with Gasteiger partial charge in [-0.1, -0.05) is 26.0 Å². The lowest BCUT2D eigenvalue weighted by atomic mass is 9.91. The molecule has 0 saturated heterocycles. The second kappa shape index (κ2) is 6.98. The van der Waals surface area contributed by atoms with E-state index in [2.05, 4.69) is 36.4 Å². The Labute approximate surface area is 139 Å². The van der Waals surface area contributed by atoms with Crippen molar-refractivity contribution in [3.63, 3.8) is 0 Å². The Kier molecular flexibility index (Phi) is 5.28. The minimum Gasteiger partial charge on any atom is -0.508 e. The first-order valence-electron chi connectivity index (χ1n) is 7.07. The summed E-state index contributed by atoms with van der Waals surface area (Å²) >= 11 is 2.26. The second-order valence-electron chi connectivity index (χ2n) is 4.88. The quantitative estimate of drug-likeness (QED) is 0.540. The first kappa shape index (κ1) is 15.9. The summed E-state index contributed by atoms with van der Waals surface area (Å²) in [6, 6.07) is 12.9. The van der Waals surface area contributed by atoms with Gasteiger partial charge in [0.1, 0.15) is 11.5 Å². The molecule has 0 aliphatic heterocycles. The molecular weight excluding hydrogens is 371 g/mol. The molecule has 2 rings (SSSR count). The number of rotatable bonds is 4. The zero-order valence-electron chi connectivity index (χ0n) is 12.2. The van der Waals surface area contributed by atoms with Crippen molar-refractivity contribution >= 4 is 33.7 Å². The van der Waals surface area contributed by atoms with E-state index < -0.39 is 0 Å². The van der Waals surface area contributed by atoms with Crippen LogP contribution >= 0.6 is 22.6 Å². The standard InChI is InChI=1S/C18H19IO2/c1-3-15(12-5-7-13(20)8-6-12)16(4-2)17-10-9-14(21)11-18(17)19/h5-11,20-21H,3-4H2,1-2H3/b16-15+/i19-4. The summed E-state index contributed by atoms with van der Waals surface area (Å²) in [6.07, 6.45) is 1.84. The first-order valence-corrected chi connectivity index (χ1v) is 8.15. The van der Waals surface area contributed by atoms with Crippen LogP contribution in [0.5, 0.6) is 11.5 Å². The molecule has 0 aromatic heterocycles. The number of hydrogen-bond donors (Lipinski definition) is 2. The number of benzene rings is 2. The highest BCUT2D eigenvalue weighted by molar-refractivity contribution is 14.1. The average molecular weight is 390 g/mol. The van der Waals surface area contributed by atoms with E-state index in [0.29, 0.717) is 5.75 Å². The summed E-state index contributed by atoms with van der Waals surface area (Å²) in [4.78, 5) is 0. The summed E-state index contributed by atoms with van der Waals surface area (Å²) < 4.78 is 1.05. The van der Waals surface area contributed by atoms with Crippen molar-refractivity contribution in [2.75, 3.05) is 0 Å². The van der Waals surface area contributed by atoms with E-state index >= 15 is 0 Å². The van der Waals surface area contributed by atoms with Gasteiger partial charge >= 0.3 is 0 Å². The topological polar surface area (TPSA) is 40.5 Å². The Balaban J connectivity index is 2.60. The highest BCUT2D eigenvalue weighted by Crippen LogP contribution is 2.35. The Morgan fingerprint density at radius 3 is 1.95 bits per heavy atom. The van der Waals surface area contributed by atoms with Crippen LogP contribution in [0.15, 0.2) is 42.5 Å². The van der Waals surface area contributed by atoms with Crippen LogP contribution in [0.2, 0.25) is 0 Å². The first-order chi connectivity index (χ1) is 10.1. The highest BCUT2D eigenvalue weighted by Gasteiger charge is 2.12. The molecule has 0 spiro atoms. The molecule has 21 heavy (non-hydrogen) atoms. The maximum Gasteiger partial charge on any atom is 0.116 e. The van der Waals surface area contributed by atoms with E-state index in [1.165, 1.54) is 16.7 Å². The molecule has 2 N–H and O–H groups in total. The van der Waals surface area contributed by atoms with Crippen LogP contribution in [0, 0.1) is 3.57 Å². The zero-order valence-corrected chi connectivity index (χ0v) is 14.4. The molecule has 0 radical (unpaired) electrons. The van der Waals surface area contributed by atoms with Gasteiger partial charge in [-0.05, 0) is 88.0 Å². The molecule has 2 aromatic rings. The smallest absolute Gasteiger partial charge is 0.116 e. The summed E-state index contributed by atoms with van der Waals surface area (Å²) in [6.45, 7) is 4.29. The molecule has 0 atom stereocenters. The number of phenols is 2. The largest absolute Gasteiger partial charge is 0.508 e. The lowest BCUT2D eigenvalue weighted by Crippen LogP contribution is -1.94. The Bertz CT molecular complexity index is 657. The van der Waals surface area contributed by atoms with Gasteiger partial charge < -0.3 is 10.2 Å². The van der Waals surface area contributed by atoms with E-state index in [-0.39, 0.29) is 5.75 Å². The van der Waals surface area contributed by atoms with Crippen LogP contribution < -0.4 is 0 Å². The maximum absolute atomic E-state index is 9.59. The number of phenolic OH excluding ortho intramolecular Hbond substituents is 2. The van der Waals surface area contributed by atoms with E-state index in [0.717, 1.165) is 22.0 Å². The average Bonchev–Trinajstić information content (AvgIpc) is 2.47. The summed E-state index contributed by atoms with van der Waals surface area (Å²) in [7, 11) is 0. The molecule has 0 aliphatic rings. The monoisotopic (exact) mass is 390 g/mol. The van der Waals surface area contributed by atoms with Crippen LogP contribution in [0.3, 0.4) is 0 Å². The lowest BCUT2D eigenvalue weighted by Gasteiger charge is -2.15. The minimum atomic E-state index is 0.284. The molecule has 0 bridgehead atoms. The van der Waals surface area contributed by atoms with Gasteiger partial charge in [-0.3, -0.25) is 0 Å². The lowest BCUT2D eigenvalue weighted by molar-refractivity contribution is 0.474.